The zero-order chi connectivity index (χ0) is 24.2. The number of sulfonamides is 1. The van der Waals surface area contributed by atoms with Crippen molar-refractivity contribution in [3.8, 4) is 0 Å². The average Bonchev–Trinajstić information content (AvgIpc) is 2.76. The predicted molar refractivity (Wildman–Crippen MR) is 127 cm³/mol. The summed E-state index contributed by atoms with van der Waals surface area (Å²) in [4.78, 5) is 27.2. The smallest absolute Gasteiger partial charge is 0.407 e. The van der Waals surface area contributed by atoms with Gasteiger partial charge in [-0.15, -0.1) is 0 Å². The molecular formula is C24H37N3O5S. The van der Waals surface area contributed by atoms with Gasteiger partial charge in [0, 0.05) is 37.8 Å². The first-order chi connectivity index (χ1) is 15.5. The molecule has 8 nitrogen and oxygen atoms in total. The molecule has 2 aliphatic heterocycles. The van der Waals surface area contributed by atoms with Gasteiger partial charge in [-0.3, -0.25) is 4.79 Å². The van der Waals surface area contributed by atoms with Crippen LogP contribution in [0.1, 0.15) is 70.2 Å². The molecule has 0 saturated carbocycles. The van der Waals surface area contributed by atoms with Crippen molar-refractivity contribution in [2.24, 2.45) is 5.92 Å². The van der Waals surface area contributed by atoms with Crippen LogP contribution in [0, 0.1) is 5.92 Å². The van der Waals surface area contributed by atoms with E-state index < -0.39 is 21.7 Å². The Morgan fingerprint density at radius 3 is 2.27 bits per heavy atom. The Balaban J connectivity index is 1.65. The lowest BCUT2D eigenvalue weighted by Crippen LogP contribution is -2.50. The molecule has 2 heterocycles. The molecule has 0 spiro atoms. The first kappa shape index (κ1) is 25.5. The van der Waals surface area contributed by atoms with E-state index in [9.17, 15) is 18.0 Å². The van der Waals surface area contributed by atoms with Crippen LogP contribution < -0.4 is 5.32 Å². The third kappa shape index (κ3) is 6.69. The zero-order valence-corrected chi connectivity index (χ0v) is 21.0. The number of nitrogens with zero attached hydrogens (tertiary/aromatic N) is 2. The van der Waals surface area contributed by atoms with Gasteiger partial charge in [-0.25, -0.2) is 13.2 Å². The van der Waals surface area contributed by atoms with Gasteiger partial charge < -0.3 is 15.0 Å². The van der Waals surface area contributed by atoms with Crippen molar-refractivity contribution in [2.75, 3.05) is 26.2 Å². The number of hydrogen-bond donors (Lipinski definition) is 1. The highest BCUT2D eigenvalue weighted by Crippen LogP contribution is 2.25. The van der Waals surface area contributed by atoms with Gasteiger partial charge in [-0.05, 0) is 83.1 Å². The summed E-state index contributed by atoms with van der Waals surface area (Å²) in [5.41, 5.74) is -0.133. The van der Waals surface area contributed by atoms with E-state index in [1.54, 1.807) is 37.8 Å². The maximum atomic E-state index is 13.2. The standard InChI is InChI=1S/C24H37N3O5S/c1-18-12-15-26(16-13-18)33(30,31)21-10-8-19(9-11-21)22(28)27-14-6-5-7-20(27)17-25-23(29)32-24(2,3)4/h8-11,18,20H,5-7,12-17H2,1-4H3,(H,25,29). The number of hydrogen-bond acceptors (Lipinski definition) is 5. The minimum Gasteiger partial charge on any atom is -0.444 e. The molecule has 3 rings (SSSR count). The van der Waals surface area contributed by atoms with E-state index in [0.29, 0.717) is 37.7 Å². The Hall–Kier alpha value is -2.13. The molecule has 2 saturated heterocycles. The van der Waals surface area contributed by atoms with Crippen molar-refractivity contribution < 1.29 is 22.7 Å². The Morgan fingerprint density at radius 1 is 1.03 bits per heavy atom. The highest BCUT2D eigenvalue weighted by atomic mass is 32.2. The van der Waals surface area contributed by atoms with Crippen molar-refractivity contribution in [3.63, 3.8) is 0 Å². The summed E-state index contributed by atoms with van der Waals surface area (Å²) >= 11 is 0. The van der Waals surface area contributed by atoms with E-state index in [-0.39, 0.29) is 16.8 Å². The van der Waals surface area contributed by atoms with Gasteiger partial charge in [0.1, 0.15) is 5.60 Å². The van der Waals surface area contributed by atoms with Crippen LogP contribution in [0.2, 0.25) is 0 Å². The van der Waals surface area contributed by atoms with E-state index in [1.165, 1.54) is 16.4 Å². The number of carbonyl (C=O) groups excluding carboxylic acids is 2. The molecule has 1 N–H and O–H groups in total. The van der Waals surface area contributed by atoms with Crippen molar-refractivity contribution in [2.45, 2.75) is 76.3 Å². The molecule has 1 aromatic rings. The lowest BCUT2D eigenvalue weighted by Gasteiger charge is -2.36. The third-order valence-corrected chi connectivity index (χ3v) is 8.16. The van der Waals surface area contributed by atoms with Crippen LogP contribution in [-0.4, -0.2) is 67.4 Å². The molecule has 184 valence electrons. The molecule has 2 amide bonds. The second-order valence-corrected chi connectivity index (χ2v) is 12.1. The van der Waals surface area contributed by atoms with Gasteiger partial charge in [0.25, 0.3) is 5.91 Å². The molecule has 9 heteroatoms. The molecule has 0 aromatic heterocycles. The largest absolute Gasteiger partial charge is 0.444 e. The number of ether oxygens (including phenoxy) is 1. The summed E-state index contributed by atoms with van der Waals surface area (Å²) in [6.07, 6.45) is 3.90. The van der Waals surface area contributed by atoms with Gasteiger partial charge in [0.05, 0.1) is 4.90 Å². The second kappa shape index (κ2) is 10.4. The highest BCUT2D eigenvalue weighted by molar-refractivity contribution is 7.89. The lowest BCUT2D eigenvalue weighted by atomic mass is 10.0. The first-order valence-corrected chi connectivity index (χ1v) is 13.3. The summed E-state index contributed by atoms with van der Waals surface area (Å²) < 4.78 is 32.7. The fourth-order valence-electron chi connectivity index (χ4n) is 4.31. The van der Waals surface area contributed by atoms with Crippen LogP contribution in [0.3, 0.4) is 0 Å². The van der Waals surface area contributed by atoms with E-state index in [0.717, 1.165) is 32.1 Å². The molecule has 33 heavy (non-hydrogen) atoms. The lowest BCUT2D eigenvalue weighted by molar-refractivity contribution is 0.0462. The van der Waals surface area contributed by atoms with E-state index >= 15 is 0 Å². The number of rotatable bonds is 5. The maximum absolute atomic E-state index is 13.2. The van der Waals surface area contributed by atoms with Gasteiger partial charge in [0.2, 0.25) is 10.0 Å². The number of amides is 2. The van der Waals surface area contributed by atoms with E-state index in [2.05, 4.69) is 12.2 Å². The van der Waals surface area contributed by atoms with Crippen LogP contribution in [0.4, 0.5) is 4.79 Å². The topological polar surface area (TPSA) is 96.0 Å². The second-order valence-electron chi connectivity index (χ2n) is 10.1. The summed E-state index contributed by atoms with van der Waals surface area (Å²) in [7, 11) is -3.55. The van der Waals surface area contributed by atoms with Crippen LogP contribution >= 0.6 is 0 Å². The molecule has 0 bridgehead atoms. The number of carbonyl (C=O) groups is 2. The molecule has 1 atom stereocenters. The first-order valence-electron chi connectivity index (χ1n) is 11.9. The van der Waals surface area contributed by atoms with E-state index in [4.69, 9.17) is 4.74 Å². The minimum atomic E-state index is -3.55. The number of piperidine rings is 2. The summed E-state index contributed by atoms with van der Waals surface area (Å²) in [6, 6.07) is 6.11. The van der Waals surface area contributed by atoms with Crippen molar-refractivity contribution in [3.05, 3.63) is 29.8 Å². The van der Waals surface area contributed by atoms with Crippen LogP contribution in [0.25, 0.3) is 0 Å². The maximum Gasteiger partial charge on any atom is 0.407 e. The summed E-state index contributed by atoms with van der Waals surface area (Å²) in [6.45, 7) is 9.54. The van der Waals surface area contributed by atoms with Crippen LogP contribution in [-0.2, 0) is 14.8 Å². The number of benzene rings is 1. The Labute approximate surface area is 197 Å². The monoisotopic (exact) mass is 479 g/mol. The zero-order valence-electron chi connectivity index (χ0n) is 20.2. The minimum absolute atomic E-state index is 0.127. The number of nitrogens with one attached hydrogen (secondary N) is 1. The van der Waals surface area contributed by atoms with Crippen molar-refractivity contribution in [1.82, 2.24) is 14.5 Å². The van der Waals surface area contributed by atoms with Gasteiger partial charge >= 0.3 is 6.09 Å². The Bertz CT molecular complexity index is 932. The van der Waals surface area contributed by atoms with Crippen LogP contribution in [0.15, 0.2) is 29.2 Å². The quantitative estimate of drug-likeness (QED) is 0.696. The molecule has 1 unspecified atom stereocenters. The summed E-state index contributed by atoms with van der Waals surface area (Å²) in [5, 5.41) is 2.77. The van der Waals surface area contributed by atoms with Gasteiger partial charge in [0.15, 0.2) is 0 Å². The van der Waals surface area contributed by atoms with Crippen molar-refractivity contribution >= 4 is 22.0 Å². The van der Waals surface area contributed by atoms with Gasteiger partial charge in [-0.1, -0.05) is 6.92 Å². The van der Waals surface area contributed by atoms with Gasteiger partial charge in [-0.2, -0.15) is 4.31 Å². The van der Waals surface area contributed by atoms with Crippen LogP contribution in [0.5, 0.6) is 0 Å². The molecule has 2 fully saturated rings. The fraction of sp³-hybridized carbons (Fsp3) is 0.667. The fourth-order valence-corrected chi connectivity index (χ4v) is 5.77. The SMILES string of the molecule is CC1CCN(S(=O)(=O)c2ccc(C(=O)N3CCCCC3CNC(=O)OC(C)(C)C)cc2)CC1. The molecular weight excluding hydrogens is 442 g/mol. The molecule has 0 aliphatic carbocycles. The molecule has 0 radical (unpaired) electrons. The molecule has 2 aliphatic rings. The Morgan fingerprint density at radius 2 is 1.67 bits per heavy atom. The van der Waals surface area contributed by atoms with E-state index in [1.807, 2.05) is 0 Å². The predicted octanol–water partition coefficient (Wildman–Crippen LogP) is 3.63. The third-order valence-electron chi connectivity index (χ3n) is 6.25. The average molecular weight is 480 g/mol. The van der Waals surface area contributed by atoms with Crippen molar-refractivity contribution in [1.29, 1.82) is 0 Å². The number of alkyl carbamates (subject to hydrolysis) is 1. The Kier molecular flexibility index (Phi) is 8.05. The highest BCUT2D eigenvalue weighted by Gasteiger charge is 2.30. The normalized spacial score (nSPS) is 21.0. The number of likely N-dealkylation sites (tertiary alicyclic amines) is 1. The molecule has 1 aromatic carbocycles. The summed E-state index contributed by atoms with van der Waals surface area (Å²) in [5.74, 6) is 0.389.